The first-order valence-corrected chi connectivity index (χ1v) is 6.26. The number of carbonyl (C=O) groups is 2. The second-order valence-corrected chi connectivity index (χ2v) is 4.22. The summed E-state index contributed by atoms with van der Waals surface area (Å²) in [5, 5.41) is 8.95. The lowest BCUT2D eigenvalue weighted by Gasteiger charge is -2.06. The van der Waals surface area contributed by atoms with Gasteiger partial charge >= 0.3 is 5.97 Å². The van der Waals surface area contributed by atoms with Crippen molar-refractivity contribution in [3.8, 4) is 11.3 Å². The first kappa shape index (κ1) is 14.7. The molecule has 7 heteroatoms. The zero-order chi connectivity index (χ0) is 15.2. The zero-order valence-corrected chi connectivity index (χ0v) is 11.4. The summed E-state index contributed by atoms with van der Waals surface area (Å²) >= 11 is 0. The van der Waals surface area contributed by atoms with Crippen molar-refractivity contribution in [2.45, 2.75) is 6.42 Å². The van der Waals surface area contributed by atoms with Gasteiger partial charge in [0, 0.05) is 12.1 Å². The van der Waals surface area contributed by atoms with Gasteiger partial charge in [-0.25, -0.2) is 4.39 Å². The molecule has 0 bridgehead atoms. The zero-order valence-electron chi connectivity index (χ0n) is 11.4. The van der Waals surface area contributed by atoms with Crippen molar-refractivity contribution in [2.75, 3.05) is 13.7 Å². The van der Waals surface area contributed by atoms with Crippen molar-refractivity contribution in [3.63, 3.8) is 0 Å². The van der Waals surface area contributed by atoms with Gasteiger partial charge in [-0.3, -0.25) is 14.7 Å². The minimum atomic E-state index is -0.453. The predicted octanol–water partition coefficient (Wildman–Crippen LogP) is 1.51. The first-order valence-electron chi connectivity index (χ1n) is 6.26. The van der Waals surface area contributed by atoms with E-state index in [0.29, 0.717) is 5.69 Å². The summed E-state index contributed by atoms with van der Waals surface area (Å²) in [6, 6.07) is 6.08. The van der Waals surface area contributed by atoms with Crippen molar-refractivity contribution in [1.82, 2.24) is 15.5 Å². The molecule has 1 aromatic heterocycles. The van der Waals surface area contributed by atoms with Crippen molar-refractivity contribution in [3.05, 3.63) is 41.8 Å². The summed E-state index contributed by atoms with van der Waals surface area (Å²) in [5.41, 5.74) is 0.766. The number of benzene rings is 1. The van der Waals surface area contributed by atoms with Gasteiger partial charge in [-0.1, -0.05) is 12.1 Å². The van der Waals surface area contributed by atoms with E-state index in [2.05, 4.69) is 20.3 Å². The summed E-state index contributed by atoms with van der Waals surface area (Å²) in [6.45, 7) is 0.132. The predicted molar refractivity (Wildman–Crippen MR) is 72.9 cm³/mol. The van der Waals surface area contributed by atoms with Crippen LogP contribution in [0.25, 0.3) is 11.3 Å². The fraction of sp³-hybridized carbons (Fsp3) is 0.214. The molecule has 0 saturated carbocycles. The first-order chi connectivity index (χ1) is 10.1. The van der Waals surface area contributed by atoms with E-state index >= 15 is 0 Å². The molecule has 21 heavy (non-hydrogen) atoms. The van der Waals surface area contributed by atoms with Crippen LogP contribution in [0.15, 0.2) is 30.5 Å². The topological polar surface area (TPSA) is 84.1 Å². The molecule has 2 N–H and O–H groups in total. The number of hydrogen-bond donors (Lipinski definition) is 2. The van der Waals surface area contributed by atoms with E-state index in [4.69, 9.17) is 0 Å². The number of ether oxygens (including phenoxy) is 1. The minimum Gasteiger partial charge on any atom is -0.469 e. The van der Waals surface area contributed by atoms with Gasteiger partial charge in [-0.15, -0.1) is 0 Å². The highest BCUT2D eigenvalue weighted by Gasteiger charge is 2.17. The number of halogens is 1. The highest BCUT2D eigenvalue weighted by Crippen LogP contribution is 2.23. The van der Waals surface area contributed by atoms with E-state index in [1.165, 1.54) is 19.4 Å². The molecule has 0 aliphatic heterocycles. The van der Waals surface area contributed by atoms with Crippen LogP contribution in [0.3, 0.4) is 0 Å². The molecule has 110 valence electrons. The molecule has 2 aromatic rings. The molecule has 0 spiro atoms. The molecule has 0 unspecified atom stereocenters. The Bertz CT molecular complexity index is 654. The number of aromatic amines is 1. The molecule has 0 fully saturated rings. The summed E-state index contributed by atoms with van der Waals surface area (Å²) < 4.78 is 18.2. The molecule has 1 amide bonds. The molecule has 0 aliphatic rings. The second-order valence-electron chi connectivity index (χ2n) is 4.22. The summed E-state index contributed by atoms with van der Waals surface area (Å²) in [7, 11) is 1.27. The van der Waals surface area contributed by atoms with Gasteiger partial charge in [0.2, 0.25) is 0 Å². The van der Waals surface area contributed by atoms with Crippen LogP contribution in [0.4, 0.5) is 4.39 Å². The summed E-state index contributed by atoms with van der Waals surface area (Å²) in [6.07, 6.45) is 1.38. The molecular formula is C14H14FN3O3. The number of aromatic nitrogens is 2. The molecule has 6 nitrogen and oxygen atoms in total. The Kier molecular flexibility index (Phi) is 4.65. The minimum absolute atomic E-state index is 0.0646. The van der Waals surface area contributed by atoms with E-state index in [1.54, 1.807) is 18.2 Å². The lowest BCUT2D eigenvalue weighted by Crippen LogP contribution is -2.26. The Morgan fingerprint density at radius 2 is 2.14 bits per heavy atom. The average molecular weight is 291 g/mol. The molecule has 0 atom stereocenters. The third-order valence-corrected chi connectivity index (χ3v) is 2.87. The fourth-order valence-corrected chi connectivity index (χ4v) is 1.80. The Hall–Kier alpha value is -2.70. The SMILES string of the molecule is COC(=O)CCNC(=O)c1cn[nH]c1-c1ccccc1F. The van der Waals surface area contributed by atoms with Crippen LogP contribution in [-0.4, -0.2) is 35.7 Å². The van der Waals surface area contributed by atoms with Crippen molar-refractivity contribution >= 4 is 11.9 Å². The smallest absolute Gasteiger partial charge is 0.307 e. The average Bonchev–Trinajstić information content (AvgIpc) is 2.96. The van der Waals surface area contributed by atoms with Gasteiger partial charge < -0.3 is 10.1 Å². The van der Waals surface area contributed by atoms with Crippen LogP contribution >= 0.6 is 0 Å². The van der Waals surface area contributed by atoms with E-state index < -0.39 is 17.7 Å². The molecular weight excluding hydrogens is 277 g/mol. The number of nitrogens with one attached hydrogen (secondary N) is 2. The van der Waals surface area contributed by atoms with Gasteiger partial charge in [0.05, 0.1) is 31.0 Å². The largest absolute Gasteiger partial charge is 0.469 e. The van der Waals surface area contributed by atoms with Crippen molar-refractivity contribution in [2.24, 2.45) is 0 Å². The van der Waals surface area contributed by atoms with Crippen LogP contribution < -0.4 is 5.32 Å². The van der Waals surface area contributed by atoms with Crippen molar-refractivity contribution in [1.29, 1.82) is 0 Å². The number of carbonyl (C=O) groups excluding carboxylic acids is 2. The maximum atomic E-state index is 13.8. The second kappa shape index (κ2) is 6.65. The lowest BCUT2D eigenvalue weighted by molar-refractivity contribution is -0.140. The van der Waals surface area contributed by atoms with Crippen LogP contribution in [0.2, 0.25) is 0 Å². The Balaban J connectivity index is 2.12. The van der Waals surface area contributed by atoms with Gasteiger partial charge in [0.1, 0.15) is 5.82 Å². The van der Waals surface area contributed by atoms with Crippen molar-refractivity contribution < 1.29 is 18.7 Å². The lowest BCUT2D eigenvalue weighted by atomic mass is 10.1. The number of hydrogen-bond acceptors (Lipinski definition) is 4. The van der Waals surface area contributed by atoms with Crippen LogP contribution in [-0.2, 0) is 9.53 Å². The molecule has 2 rings (SSSR count). The standard InChI is InChI=1S/C14H14FN3O3/c1-21-12(19)6-7-16-14(20)10-8-17-18-13(10)9-4-2-3-5-11(9)15/h2-5,8H,6-7H2,1H3,(H,16,20)(H,17,18). The monoisotopic (exact) mass is 291 g/mol. The van der Waals surface area contributed by atoms with E-state index in [-0.39, 0.29) is 24.1 Å². The van der Waals surface area contributed by atoms with Crippen LogP contribution in [0.5, 0.6) is 0 Å². The molecule has 1 aromatic carbocycles. The van der Waals surface area contributed by atoms with E-state index in [1.807, 2.05) is 0 Å². The maximum Gasteiger partial charge on any atom is 0.307 e. The normalized spacial score (nSPS) is 10.2. The number of nitrogens with zero attached hydrogens (tertiary/aromatic N) is 1. The third-order valence-electron chi connectivity index (χ3n) is 2.87. The Morgan fingerprint density at radius 3 is 2.86 bits per heavy atom. The highest BCUT2D eigenvalue weighted by atomic mass is 19.1. The Morgan fingerprint density at radius 1 is 1.38 bits per heavy atom. The maximum absolute atomic E-state index is 13.8. The van der Waals surface area contributed by atoms with E-state index in [0.717, 1.165) is 0 Å². The third kappa shape index (κ3) is 3.44. The molecule has 0 saturated heterocycles. The number of esters is 1. The van der Waals surface area contributed by atoms with Gasteiger partial charge in [-0.2, -0.15) is 5.10 Å². The van der Waals surface area contributed by atoms with Gasteiger partial charge in [-0.05, 0) is 12.1 Å². The highest BCUT2D eigenvalue weighted by molar-refractivity contribution is 5.99. The van der Waals surface area contributed by atoms with Gasteiger partial charge in [0.15, 0.2) is 0 Å². The van der Waals surface area contributed by atoms with Gasteiger partial charge in [0.25, 0.3) is 5.91 Å². The van der Waals surface area contributed by atoms with E-state index in [9.17, 15) is 14.0 Å². The summed E-state index contributed by atoms with van der Waals surface area (Å²) in [4.78, 5) is 23.0. The summed E-state index contributed by atoms with van der Waals surface area (Å²) in [5.74, 6) is -1.31. The number of methoxy groups -OCH3 is 1. The van der Waals surface area contributed by atoms with Crippen LogP contribution in [0.1, 0.15) is 16.8 Å². The molecule has 0 radical (unpaired) electrons. The van der Waals surface area contributed by atoms with Crippen LogP contribution in [0, 0.1) is 5.82 Å². The molecule has 0 aliphatic carbocycles. The number of rotatable bonds is 5. The molecule has 1 heterocycles. The number of amides is 1. The number of H-pyrrole nitrogens is 1. The Labute approximate surface area is 120 Å². The quantitative estimate of drug-likeness (QED) is 0.818. The fourth-order valence-electron chi connectivity index (χ4n) is 1.80.